The van der Waals surface area contributed by atoms with Gasteiger partial charge >= 0.3 is 0 Å². The number of ketones is 2. The fourth-order valence-corrected chi connectivity index (χ4v) is 4.15. The first-order chi connectivity index (χ1) is 14.7. The van der Waals surface area contributed by atoms with Gasteiger partial charge in [-0.1, -0.05) is 6.07 Å². The van der Waals surface area contributed by atoms with Gasteiger partial charge < -0.3 is 24.9 Å². The second-order valence-electron chi connectivity index (χ2n) is 8.41. The molecule has 31 heavy (non-hydrogen) atoms. The van der Waals surface area contributed by atoms with Crippen molar-refractivity contribution in [1.82, 2.24) is 14.7 Å². The smallest absolute Gasteiger partial charge is 0.254 e. The summed E-state index contributed by atoms with van der Waals surface area (Å²) in [6, 6.07) is 5.74. The molecule has 1 amide bonds. The Kier molecular flexibility index (Phi) is 5.28. The quantitative estimate of drug-likeness (QED) is 0.655. The monoisotopic (exact) mass is 423 g/mol. The number of carbonyl (C=O) groups excluding carboxylic acids is 3. The van der Waals surface area contributed by atoms with Crippen LogP contribution in [-0.4, -0.2) is 89.7 Å². The highest BCUT2D eigenvalue weighted by molar-refractivity contribution is 6.30. The largest absolute Gasteiger partial charge is 0.507 e. The number of fused-ring (bicyclic) bond motifs is 2. The Morgan fingerprint density at radius 2 is 1.65 bits per heavy atom. The van der Waals surface area contributed by atoms with Gasteiger partial charge in [-0.2, -0.15) is 0 Å². The van der Waals surface area contributed by atoms with E-state index in [1.165, 1.54) is 18.2 Å². The molecule has 0 radical (unpaired) electrons. The van der Waals surface area contributed by atoms with Gasteiger partial charge in [-0.05, 0) is 39.3 Å². The third kappa shape index (κ3) is 3.58. The summed E-state index contributed by atoms with van der Waals surface area (Å²) in [5.41, 5.74) is 0.444. The minimum atomic E-state index is -0.626. The maximum atomic E-state index is 13.2. The van der Waals surface area contributed by atoms with E-state index in [-0.39, 0.29) is 39.5 Å². The lowest BCUT2D eigenvalue weighted by molar-refractivity contribution is 0.0663. The predicted octanol–water partition coefficient (Wildman–Crippen LogP) is 1.32. The highest BCUT2D eigenvalue weighted by Crippen LogP contribution is 2.39. The number of hydrogen-bond acceptors (Lipinski definition) is 7. The van der Waals surface area contributed by atoms with Gasteiger partial charge in [-0.3, -0.25) is 14.4 Å². The summed E-state index contributed by atoms with van der Waals surface area (Å²) >= 11 is 0. The van der Waals surface area contributed by atoms with Crippen molar-refractivity contribution >= 4 is 17.5 Å². The summed E-state index contributed by atoms with van der Waals surface area (Å²) in [5.74, 6) is -2.11. The highest BCUT2D eigenvalue weighted by Gasteiger charge is 2.36. The van der Waals surface area contributed by atoms with Crippen LogP contribution in [-0.2, 0) is 6.54 Å². The van der Waals surface area contributed by atoms with Crippen molar-refractivity contribution in [3.63, 3.8) is 0 Å². The topological polar surface area (TPSA) is 101 Å². The van der Waals surface area contributed by atoms with Gasteiger partial charge in [0.15, 0.2) is 5.78 Å². The Balaban J connectivity index is 1.75. The number of carbonyl (C=O) groups is 3. The number of nitrogens with zero attached hydrogens (tertiary/aromatic N) is 3. The second kappa shape index (κ2) is 7.79. The molecule has 8 heteroatoms. The van der Waals surface area contributed by atoms with E-state index < -0.39 is 17.3 Å². The number of phenolic OH excluding ortho intramolecular Hbond substituents is 2. The average molecular weight is 423 g/mol. The van der Waals surface area contributed by atoms with Gasteiger partial charge in [0.25, 0.3) is 5.91 Å². The lowest BCUT2D eigenvalue weighted by Crippen LogP contribution is -2.47. The van der Waals surface area contributed by atoms with Crippen LogP contribution in [0.3, 0.4) is 0 Å². The van der Waals surface area contributed by atoms with Crippen molar-refractivity contribution in [3.8, 4) is 11.5 Å². The molecule has 0 atom stereocenters. The summed E-state index contributed by atoms with van der Waals surface area (Å²) in [5, 5.41) is 21.3. The fourth-order valence-electron chi connectivity index (χ4n) is 4.15. The van der Waals surface area contributed by atoms with Crippen LogP contribution < -0.4 is 0 Å². The number of benzene rings is 2. The molecular formula is C23H25N3O5. The second-order valence-corrected chi connectivity index (χ2v) is 8.41. The summed E-state index contributed by atoms with van der Waals surface area (Å²) < 4.78 is 0. The SMILES string of the molecule is CN(C)Cc1ccc2c(c1O)C(=O)c1c(O)cc(C(=O)N3CCN(C)CC3)cc1C2=O. The molecule has 0 bridgehead atoms. The Labute approximate surface area is 180 Å². The molecule has 2 aliphatic rings. The molecular weight excluding hydrogens is 398 g/mol. The van der Waals surface area contributed by atoms with Crippen LogP contribution >= 0.6 is 0 Å². The van der Waals surface area contributed by atoms with Crippen LogP contribution in [0, 0.1) is 0 Å². The van der Waals surface area contributed by atoms with E-state index in [4.69, 9.17) is 0 Å². The van der Waals surface area contributed by atoms with Crippen molar-refractivity contribution in [3.05, 3.63) is 57.6 Å². The number of likely N-dealkylation sites (N-methyl/N-ethyl adjacent to an activating group) is 1. The molecule has 2 aromatic rings. The normalized spacial score (nSPS) is 16.5. The molecule has 1 fully saturated rings. The minimum absolute atomic E-state index is 0.0188. The van der Waals surface area contributed by atoms with Gasteiger partial charge in [0.05, 0.1) is 11.1 Å². The van der Waals surface area contributed by atoms with Gasteiger partial charge in [0.2, 0.25) is 5.78 Å². The zero-order chi connectivity index (χ0) is 22.4. The van der Waals surface area contributed by atoms with Gasteiger partial charge in [-0.15, -0.1) is 0 Å². The zero-order valence-corrected chi connectivity index (χ0v) is 17.8. The number of rotatable bonds is 3. The maximum Gasteiger partial charge on any atom is 0.254 e. The number of phenols is 2. The molecule has 1 aliphatic carbocycles. The summed E-state index contributed by atoms with van der Waals surface area (Å²) in [6.45, 7) is 2.96. The Morgan fingerprint density at radius 3 is 2.29 bits per heavy atom. The Bertz CT molecular complexity index is 1100. The maximum absolute atomic E-state index is 13.2. The molecule has 2 N–H and O–H groups in total. The van der Waals surface area contributed by atoms with E-state index >= 15 is 0 Å². The van der Waals surface area contributed by atoms with Crippen molar-refractivity contribution < 1.29 is 24.6 Å². The first-order valence-corrected chi connectivity index (χ1v) is 10.1. The number of hydrogen-bond donors (Lipinski definition) is 2. The first-order valence-electron chi connectivity index (χ1n) is 10.1. The molecule has 1 aliphatic heterocycles. The van der Waals surface area contributed by atoms with Crippen LogP contribution in [0.5, 0.6) is 11.5 Å². The first kappa shape index (κ1) is 21.0. The molecule has 0 spiro atoms. The molecule has 8 nitrogen and oxygen atoms in total. The van der Waals surface area contributed by atoms with Crippen LogP contribution in [0.25, 0.3) is 0 Å². The molecule has 0 unspecified atom stereocenters. The molecule has 2 aromatic carbocycles. The molecule has 162 valence electrons. The number of piperazine rings is 1. The van der Waals surface area contributed by atoms with Crippen molar-refractivity contribution in [2.75, 3.05) is 47.3 Å². The fraction of sp³-hybridized carbons (Fsp3) is 0.348. The lowest BCUT2D eigenvalue weighted by Gasteiger charge is -2.32. The molecule has 1 saturated heterocycles. The predicted molar refractivity (Wildman–Crippen MR) is 114 cm³/mol. The Hall–Kier alpha value is -3.23. The van der Waals surface area contributed by atoms with Gasteiger partial charge in [0, 0.05) is 55.0 Å². The molecule has 4 rings (SSSR count). The van der Waals surface area contributed by atoms with Crippen LogP contribution in [0.4, 0.5) is 0 Å². The lowest BCUT2D eigenvalue weighted by atomic mass is 9.81. The summed E-state index contributed by atoms with van der Waals surface area (Å²) in [4.78, 5) is 44.9. The number of amides is 1. The van der Waals surface area contributed by atoms with E-state index in [1.54, 1.807) is 11.0 Å². The van der Waals surface area contributed by atoms with Crippen LogP contribution in [0.1, 0.15) is 47.8 Å². The molecule has 0 aromatic heterocycles. The molecule has 1 heterocycles. The average Bonchev–Trinajstić information content (AvgIpc) is 2.72. The standard InChI is InChI=1S/C23H25N3O5/c1-24(2)12-13-4-5-15-19(20(13)28)22(30)18-16(21(15)29)10-14(11-17(18)27)23(31)26-8-6-25(3)7-9-26/h4-5,10-11,27-28H,6-9,12H2,1-3H3. The zero-order valence-electron chi connectivity index (χ0n) is 17.8. The summed E-state index contributed by atoms with van der Waals surface area (Å²) in [6.07, 6.45) is 0. The van der Waals surface area contributed by atoms with Crippen LogP contribution in [0.15, 0.2) is 24.3 Å². The van der Waals surface area contributed by atoms with E-state index in [0.29, 0.717) is 25.2 Å². The van der Waals surface area contributed by atoms with E-state index in [2.05, 4.69) is 4.90 Å². The minimum Gasteiger partial charge on any atom is -0.507 e. The van der Waals surface area contributed by atoms with Crippen molar-refractivity contribution in [2.24, 2.45) is 0 Å². The third-order valence-electron chi connectivity index (χ3n) is 5.85. The number of aromatic hydroxyl groups is 2. The van der Waals surface area contributed by atoms with Crippen molar-refractivity contribution in [2.45, 2.75) is 6.54 Å². The highest BCUT2D eigenvalue weighted by atomic mass is 16.3. The van der Waals surface area contributed by atoms with Crippen LogP contribution in [0.2, 0.25) is 0 Å². The third-order valence-corrected chi connectivity index (χ3v) is 5.85. The van der Waals surface area contributed by atoms with E-state index in [9.17, 15) is 24.6 Å². The van der Waals surface area contributed by atoms with E-state index in [1.807, 2.05) is 26.0 Å². The Morgan fingerprint density at radius 1 is 0.968 bits per heavy atom. The van der Waals surface area contributed by atoms with Gasteiger partial charge in [0.1, 0.15) is 11.5 Å². The summed E-state index contributed by atoms with van der Waals surface area (Å²) in [7, 11) is 5.63. The van der Waals surface area contributed by atoms with Gasteiger partial charge in [-0.25, -0.2) is 0 Å². The molecule has 0 saturated carbocycles. The van der Waals surface area contributed by atoms with Crippen molar-refractivity contribution in [1.29, 1.82) is 0 Å². The van der Waals surface area contributed by atoms with E-state index in [0.717, 1.165) is 13.1 Å².